The van der Waals surface area contributed by atoms with Crippen LogP contribution < -0.4 is 0 Å². The first-order valence-electron chi connectivity index (χ1n) is 6.39. The van der Waals surface area contributed by atoms with Crippen molar-refractivity contribution in [3.8, 4) is 22.6 Å². The number of halogens is 3. The second-order valence-electron chi connectivity index (χ2n) is 4.63. The molecule has 0 aliphatic carbocycles. The van der Waals surface area contributed by atoms with Crippen LogP contribution >= 0.6 is 22.6 Å². The first kappa shape index (κ1) is 14.9. The van der Waals surface area contributed by atoms with Gasteiger partial charge in [0.1, 0.15) is 23.2 Å². The molecule has 0 atom stereocenters. The summed E-state index contributed by atoms with van der Waals surface area (Å²) in [5.41, 5.74) is 1.31. The Morgan fingerprint density at radius 1 is 0.909 bits per heavy atom. The summed E-state index contributed by atoms with van der Waals surface area (Å²) in [6.45, 7) is 0. The molecule has 0 saturated heterocycles. The average molecular weight is 410 g/mol. The fourth-order valence-corrected chi connectivity index (χ4v) is 2.98. The molecule has 0 bridgehead atoms. The van der Waals surface area contributed by atoms with Crippen LogP contribution in [0.1, 0.15) is 10.4 Å². The lowest BCUT2D eigenvalue weighted by molar-refractivity contribution is 0.112. The van der Waals surface area contributed by atoms with Gasteiger partial charge < -0.3 is 4.42 Å². The van der Waals surface area contributed by atoms with Crippen molar-refractivity contribution in [1.29, 1.82) is 0 Å². The van der Waals surface area contributed by atoms with Gasteiger partial charge >= 0.3 is 0 Å². The number of aldehydes is 1. The van der Waals surface area contributed by atoms with Gasteiger partial charge in [0.25, 0.3) is 0 Å². The van der Waals surface area contributed by atoms with Crippen LogP contribution in [0.3, 0.4) is 0 Å². The molecule has 0 aliphatic heterocycles. The Morgan fingerprint density at radius 3 is 1.95 bits per heavy atom. The average Bonchev–Trinajstić information content (AvgIpc) is 2.84. The van der Waals surface area contributed by atoms with Gasteiger partial charge in [-0.25, -0.2) is 8.78 Å². The van der Waals surface area contributed by atoms with Gasteiger partial charge in [-0.1, -0.05) is 24.3 Å². The van der Waals surface area contributed by atoms with Gasteiger partial charge in [-0.15, -0.1) is 0 Å². The summed E-state index contributed by atoms with van der Waals surface area (Å²) in [7, 11) is 0. The minimum absolute atomic E-state index is 0.276. The molecular formula is C17H9F2IO2. The van der Waals surface area contributed by atoms with Crippen molar-refractivity contribution in [3.63, 3.8) is 0 Å². The van der Waals surface area contributed by atoms with Gasteiger partial charge in [-0.3, -0.25) is 4.79 Å². The number of furan rings is 1. The Balaban J connectivity index is 2.21. The number of carbonyl (C=O) groups excluding carboxylic acids is 1. The Morgan fingerprint density at radius 2 is 1.45 bits per heavy atom. The van der Waals surface area contributed by atoms with Gasteiger partial charge in [-0.05, 0) is 46.9 Å². The summed E-state index contributed by atoms with van der Waals surface area (Å²) < 4.78 is 33.1. The van der Waals surface area contributed by atoms with E-state index in [2.05, 4.69) is 0 Å². The van der Waals surface area contributed by atoms with Crippen LogP contribution in [0.2, 0.25) is 0 Å². The molecule has 1 heterocycles. The quantitative estimate of drug-likeness (QED) is 0.433. The van der Waals surface area contributed by atoms with E-state index in [4.69, 9.17) is 4.42 Å². The third kappa shape index (κ3) is 2.68. The first-order valence-corrected chi connectivity index (χ1v) is 7.47. The Kier molecular flexibility index (Phi) is 4.06. The molecule has 0 aliphatic rings. The minimum Gasteiger partial charge on any atom is -0.454 e. The molecule has 0 N–H and O–H groups in total. The van der Waals surface area contributed by atoms with E-state index in [1.54, 1.807) is 18.2 Å². The Hall–Kier alpha value is -2.02. The van der Waals surface area contributed by atoms with Crippen molar-refractivity contribution in [1.82, 2.24) is 0 Å². The molecule has 2 aromatic carbocycles. The Labute approximate surface area is 138 Å². The molecule has 0 fully saturated rings. The van der Waals surface area contributed by atoms with E-state index in [1.165, 1.54) is 30.3 Å². The molecule has 0 saturated carbocycles. The summed E-state index contributed by atoms with van der Waals surface area (Å²) in [5.74, 6) is -0.155. The van der Waals surface area contributed by atoms with E-state index in [9.17, 15) is 13.6 Å². The van der Waals surface area contributed by atoms with Crippen molar-refractivity contribution in [2.45, 2.75) is 0 Å². The van der Waals surface area contributed by atoms with Crippen LogP contribution in [0.5, 0.6) is 0 Å². The minimum atomic E-state index is -0.423. The fourth-order valence-electron chi connectivity index (χ4n) is 2.19. The maximum absolute atomic E-state index is 13.4. The largest absolute Gasteiger partial charge is 0.454 e. The lowest BCUT2D eigenvalue weighted by Crippen LogP contribution is -1.86. The number of hydrogen-bond acceptors (Lipinski definition) is 2. The SMILES string of the molecule is O=Cc1c(-c2cccc(F)c2)oc(-c2cccc(F)c2)c1I. The van der Waals surface area contributed by atoms with Crippen LogP contribution in [-0.2, 0) is 0 Å². The first-order chi connectivity index (χ1) is 10.6. The predicted molar refractivity (Wildman–Crippen MR) is 87.6 cm³/mol. The number of rotatable bonds is 3. The maximum Gasteiger partial charge on any atom is 0.155 e. The van der Waals surface area contributed by atoms with Crippen LogP contribution in [0, 0.1) is 15.2 Å². The van der Waals surface area contributed by atoms with E-state index in [1.807, 2.05) is 22.6 Å². The standard InChI is InChI=1S/C17H9F2IO2/c18-12-5-1-3-10(7-12)16-14(9-21)15(20)17(22-16)11-4-2-6-13(19)8-11/h1-9H. The van der Waals surface area contributed by atoms with Gasteiger partial charge in [0.15, 0.2) is 6.29 Å². The molecule has 0 unspecified atom stereocenters. The number of benzene rings is 2. The van der Waals surface area contributed by atoms with E-state index in [-0.39, 0.29) is 5.76 Å². The van der Waals surface area contributed by atoms with Gasteiger partial charge in [0.05, 0.1) is 9.13 Å². The Bertz CT molecular complexity index is 856. The van der Waals surface area contributed by atoms with Crippen molar-refractivity contribution < 1.29 is 18.0 Å². The fraction of sp³-hybridized carbons (Fsp3) is 0. The van der Waals surface area contributed by atoms with Gasteiger partial charge in [-0.2, -0.15) is 0 Å². The van der Waals surface area contributed by atoms with Crippen molar-refractivity contribution in [3.05, 3.63) is 69.3 Å². The second-order valence-corrected chi connectivity index (χ2v) is 5.71. The van der Waals surface area contributed by atoms with E-state index >= 15 is 0 Å². The summed E-state index contributed by atoms with van der Waals surface area (Å²) in [5, 5.41) is 0. The molecule has 5 heteroatoms. The maximum atomic E-state index is 13.4. The smallest absolute Gasteiger partial charge is 0.155 e. The van der Waals surface area contributed by atoms with E-state index in [0.717, 1.165) is 0 Å². The number of carbonyl (C=O) groups is 1. The third-order valence-corrected chi connectivity index (χ3v) is 4.25. The van der Waals surface area contributed by atoms with Gasteiger partial charge in [0.2, 0.25) is 0 Å². The molecule has 3 rings (SSSR count). The summed E-state index contributed by atoms with van der Waals surface area (Å²) in [6.07, 6.45) is 0.661. The highest BCUT2D eigenvalue weighted by Gasteiger charge is 2.21. The topological polar surface area (TPSA) is 30.2 Å². The monoisotopic (exact) mass is 410 g/mol. The molecule has 2 nitrogen and oxygen atoms in total. The summed E-state index contributed by atoms with van der Waals surface area (Å²) in [6, 6.07) is 11.7. The van der Waals surface area contributed by atoms with E-state index < -0.39 is 11.6 Å². The van der Waals surface area contributed by atoms with Crippen LogP contribution in [-0.4, -0.2) is 6.29 Å². The van der Waals surface area contributed by atoms with Crippen LogP contribution in [0.4, 0.5) is 8.78 Å². The van der Waals surface area contributed by atoms with Crippen molar-refractivity contribution in [2.24, 2.45) is 0 Å². The van der Waals surface area contributed by atoms with Gasteiger partial charge in [0, 0.05) is 11.1 Å². The van der Waals surface area contributed by atoms with E-state index in [0.29, 0.717) is 32.3 Å². The van der Waals surface area contributed by atoms with Crippen LogP contribution in [0.15, 0.2) is 52.9 Å². The molecule has 110 valence electrons. The molecule has 22 heavy (non-hydrogen) atoms. The number of hydrogen-bond donors (Lipinski definition) is 0. The molecule has 0 radical (unpaired) electrons. The molecule has 0 amide bonds. The second kappa shape index (κ2) is 6.00. The highest BCUT2D eigenvalue weighted by molar-refractivity contribution is 14.1. The van der Waals surface area contributed by atoms with Crippen molar-refractivity contribution in [2.75, 3.05) is 0 Å². The highest BCUT2D eigenvalue weighted by atomic mass is 127. The molecular weight excluding hydrogens is 401 g/mol. The summed E-state index contributed by atoms with van der Waals surface area (Å²) in [4.78, 5) is 11.4. The van der Waals surface area contributed by atoms with Crippen molar-refractivity contribution >= 4 is 28.9 Å². The molecule has 1 aromatic heterocycles. The lowest BCUT2D eigenvalue weighted by atomic mass is 10.1. The zero-order chi connectivity index (χ0) is 15.7. The highest BCUT2D eigenvalue weighted by Crippen LogP contribution is 2.37. The predicted octanol–water partition coefficient (Wildman–Crippen LogP) is 5.31. The zero-order valence-electron chi connectivity index (χ0n) is 11.1. The zero-order valence-corrected chi connectivity index (χ0v) is 13.3. The lowest BCUT2D eigenvalue weighted by Gasteiger charge is -1.99. The molecule has 0 spiro atoms. The third-order valence-electron chi connectivity index (χ3n) is 3.18. The molecule has 3 aromatic rings. The summed E-state index contributed by atoms with van der Waals surface area (Å²) >= 11 is 1.97. The normalized spacial score (nSPS) is 10.7. The van der Waals surface area contributed by atoms with Crippen LogP contribution in [0.25, 0.3) is 22.6 Å².